The number of hydrogen-bond donors (Lipinski definition) is 1. The maximum absolute atomic E-state index is 11.8. The summed E-state index contributed by atoms with van der Waals surface area (Å²) >= 11 is 17.3. The molecule has 0 saturated carbocycles. The van der Waals surface area contributed by atoms with E-state index in [1.54, 1.807) is 18.2 Å². The zero-order valence-corrected chi connectivity index (χ0v) is 11.1. The summed E-state index contributed by atoms with van der Waals surface area (Å²) in [7, 11) is 0. The molecule has 0 radical (unpaired) electrons. The first-order valence-corrected chi connectivity index (χ1v) is 5.93. The molecule has 1 heterocycles. The third-order valence-electron chi connectivity index (χ3n) is 2.03. The molecule has 1 aromatic carbocycles. The number of aromatic nitrogens is 2. The lowest BCUT2D eigenvalue weighted by Crippen LogP contribution is -2.14. The zero-order chi connectivity index (χ0) is 13.1. The van der Waals surface area contributed by atoms with E-state index < -0.39 is 5.91 Å². The zero-order valence-electron chi connectivity index (χ0n) is 8.82. The van der Waals surface area contributed by atoms with E-state index in [1.807, 2.05) is 0 Å². The molecule has 7 heteroatoms. The van der Waals surface area contributed by atoms with Crippen molar-refractivity contribution in [2.45, 2.75) is 0 Å². The predicted molar refractivity (Wildman–Crippen MR) is 71.5 cm³/mol. The molecule has 0 atom stereocenters. The lowest BCUT2D eigenvalue weighted by atomic mass is 10.3. The molecule has 0 aliphatic heterocycles. The van der Waals surface area contributed by atoms with E-state index in [-0.39, 0.29) is 10.8 Å². The lowest BCUT2D eigenvalue weighted by Gasteiger charge is -2.06. The van der Waals surface area contributed by atoms with Crippen molar-refractivity contribution in [2.75, 3.05) is 5.32 Å². The molecule has 1 N–H and O–H groups in total. The summed E-state index contributed by atoms with van der Waals surface area (Å²) in [6.45, 7) is 0. The van der Waals surface area contributed by atoms with Crippen molar-refractivity contribution in [3.05, 3.63) is 51.5 Å². The Bertz CT molecular complexity index is 587. The van der Waals surface area contributed by atoms with Gasteiger partial charge in [-0.15, -0.1) is 0 Å². The van der Waals surface area contributed by atoms with Gasteiger partial charge in [0.05, 0.1) is 23.1 Å². The van der Waals surface area contributed by atoms with Crippen molar-refractivity contribution in [1.29, 1.82) is 0 Å². The Hall–Kier alpha value is -1.36. The van der Waals surface area contributed by atoms with Crippen LogP contribution in [0.5, 0.6) is 0 Å². The smallest absolute Gasteiger partial charge is 0.275 e. The number of carbonyl (C=O) groups is 1. The van der Waals surface area contributed by atoms with Gasteiger partial charge < -0.3 is 5.32 Å². The highest BCUT2D eigenvalue weighted by molar-refractivity contribution is 6.35. The van der Waals surface area contributed by atoms with Crippen LogP contribution in [0.2, 0.25) is 15.2 Å². The van der Waals surface area contributed by atoms with E-state index in [1.165, 1.54) is 12.4 Å². The van der Waals surface area contributed by atoms with E-state index in [4.69, 9.17) is 34.8 Å². The number of halogens is 3. The van der Waals surface area contributed by atoms with Crippen LogP contribution in [-0.4, -0.2) is 15.9 Å². The number of anilines is 1. The maximum atomic E-state index is 11.8. The van der Waals surface area contributed by atoms with Crippen LogP contribution >= 0.6 is 34.8 Å². The van der Waals surface area contributed by atoms with Crippen LogP contribution in [0.1, 0.15) is 10.5 Å². The first-order valence-electron chi connectivity index (χ1n) is 4.80. The van der Waals surface area contributed by atoms with Crippen molar-refractivity contribution in [3.8, 4) is 0 Å². The van der Waals surface area contributed by atoms with Crippen LogP contribution in [0.3, 0.4) is 0 Å². The van der Waals surface area contributed by atoms with E-state index in [9.17, 15) is 4.79 Å². The van der Waals surface area contributed by atoms with Gasteiger partial charge in [-0.25, -0.2) is 9.97 Å². The minimum Gasteiger partial charge on any atom is -0.319 e. The highest BCUT2D eigenvalue weighted by Crippen LogP contribution is 2.25. The Kier molecular flexibility index (Phi) is 4.01. The number of nitrogens with one attached hydrogen (secondary N) is 1. The predicted octanol–water partition coefficient (Wildman–Crippen LogP) is 3.69. The Morgan fingerprint density at radius 2 is 1.89 bits per heavy atom. The van der Waals surface area contributed by atoms with Crippen LogP contribution < -0.4 is 5.32 Å². The molecule has 0 unspecified atom stereocenters. The summed E-state index contributed by atoms with van der Waals surface area (Å²) in [6, 6.07) is 4.76. The van der Waals surface area contributed by atoms with Crippen molar-refractivity contribution in [3.63, 3.8) is 0 Å². The summed E-state index contributed by atoms with van der Waals surface area (Å²) < 4.78 is 0. The Labute approximate surface area is 118 Å². The normalized spacial score (nSPS) is 10.2. The average Bonchev–Trinajstić information content (AvgIpc) is 2.34. The van der Waals surface area contributed by atoms with Crippen LogP contribution in [0.15, 0.2) is 30.6 Å². The second kappa shape index (κ2) is 5.52. The number of carbonyl (C=O) groups excluding carboxylic acids is 1. The number of hydrogen-bond acceptors (Lipinski definition) is 3. The summed E-state index contributed by atoms with van der Waals surface area (Å²) in [6.07, 6.45) is 2.56. The molecule has 0 bridgehead atoms. The second-order valence-electron chi connectivity index (χ2n) is 3.30. The van der Waals surface area contributed by atoms with Gasteiger partial charge in [0.2, 0.25) is 0 Å². The van der Waals surface area contributed by atoms with Crippen LogP contribution in [0.25, 0.3) is 0 Å². The first kappa shape index (κ1) is 13.1. The van der Waals surface area contributed by atoms with Gasteiger partial charge in [-0.2, -0.15) is 0 Å². The molecule has 0 aliphatic carbocycles. The largest absolute Gasteiger partial charge is 0.319 e. The highest BCUT2D eigenvalue weighted by Gasteiger charge is 2.10. The Morgan fingerprint density at radius 3 is 2.56 bits per heavy atom. The number of nitrogens with zero attached hydrogens (tertiary/aromatic N) is 2. The van der Waals surface area contributed by atoms with Crippen molar-refractivity contribution >= 4 is 46.4 Å². The van der Waals surface area contributed by atoms with Crippen LogP contribution in [0, 0.1) is 0 Å². The number of benzene rings is 1. The fraction of sp³-hybridized carbons (Fsp3) is 0. The Balaban J connectivity index is 2.21. The molecule has 2 rings (SSSR count). The number of rotatable bonds is 2. The van der Waals surface area contributed by atoms with E-state index >= 15 is 0 Å². The molecule has 0 saturated heterocycles. The third-order valence-corrected chi connectivity index (χ3v) is 2.79. The minimum absolute atomic E-state index is 0.135. The fourth-order valence-electron chi connectivity index (χ4n) is 1.21. The van der Waals surface area contributed by atoms with Gasteiger partial charge in [0.1, 0.15) is 10.8 Å². The van der Waals surface area contributed by atoms with Gasteiger partial charge in [0.15, 0.2) is 0 Å². The van der Waals surface area contributed by atoms with E-state index in [0.717, 1.165) is 0 Å². The van der Waals surface area contributed by atoms with E-state index in [0.29, 0.717) is 15.7 Å². The molecule has 1 aromatic heterocycles. The molecule has 92 valence electrons. The molecular formula is C11H6Cl3N3O. The molecule has 18 heavy (non-hydrogen) atoms. The quantitative estimate of drug-likeness (QED) is 0.920. The van der Waals surface area contributed by atoms with Gasteiger partial charge in [0, 0.05) is 5.02 Å². The summed E-state index contributed by atoms with van der Waals surface area (Å²) in [4.78, 5) is 19.4. The van der Waals surface area contributed by atoms with Gasteiger partial charge in [0.25, 0.3) is 5.91 Å². The molecule has 0 fully saturated rings. The van der Waals surface area contributed by atoms with Crippen LogP contribution in [0.4, 0.5) is 5.69 Å². The molecule has 4 nitrogen and oxygen atoms in total. The average molecular weight is 303 g/mol. The van der Waals surface area contributed by atoms with Crippen molar-refractivity contribution in [1.82, 2.24) is 9.97 Å². The molecule has 0 spiro atoms. The molecule has 2 aromatic rings. The topological polar surface area (TPSA) is 54.9 Å². The van der Waals surface area contributed by atoms with Crippen LogP contribution in [-0.2, 0) is 0 Å². The highest BCUT2D eigenvalue weighted by atomic mass is 35.5. The summed E-state index contributed by atoms with van der Waals surface area (Å²) in [5.41, 5.74) is 0.543. The Morgan fingerprint density at radius 1 is 1.11 bits per heavy atom. The fourth-order valence-corrected chi connectivity index (χ4v) is 1.64. The lowest BCUT2D eigenvalue weighted by molar-refractivity contribution is 0.102. The third kappa shape index (κ3) is 3.10. The van der Waals surface area contributed by atoms with Gasteiger partial charge in [-0.05, 0) is 18.2 Å². The van der Waals surface area contributed by atoms with Crippen molar-refractivity contribution < 1.29 is 4.79 Å². The standard InChI is InChI=1S/C11H6Cl3N3O/c12-6-1-2-7(13)8(3-6)17-11(18)9-4-16-10(14)5-15-9/h1-5H,(H,17,18). The summed E-state index contributed by atoms with van der Waals surface area (Å²) in [5, 5.41) is 3.65. The monoisotopic (exact) mass is 301 g/mol. The van der Waals surface area contributed by atoms with Gasteiger partial charge in [-0.3, -0.25) is 4.79 Å². The number of amides is 1. The summed E-state index contributed by atoms with van der Waals surface area (Å²) in [5.74, 6) is -0.441. The molecule has 0 aliphatic rings. The minimum atomic E-state index is -0.441. The van der Waals surface area contributed by atoms with Gasteiger partial charge in [-0.1, -0.05) is 34.8 Å². The van der Waals surface area contributed by atoms with E-state index in [2.05, 4.69) is 15.3 Å². The first-order chi connectivity index (χ1) is 8.56. The maximum Gasteiger partial charge on any atom is 0.275 e. The van der Waals surface area contributed by atoms with Gasteiger partial charge >= 0.3 is 0 Å². The molecular weight excluding hydrogens is 296 g/mol. The SMILES string of the molecule is O=C(Nc1cc(Cl)ccc1Cl)c1cnc(Cl)cn1. The molecule has 1 amide bonds. The second-order valence-corrected chi connectivity index (χ2v) is 4.53. The van der Waals surface area contributed by atoms with Crippen molar-refractivity contribution in [2.24, 2.45) is 0 Å².